The summed E-state index contributed by atoms with van der Waals surface area (Å²) >= 11 is 0. The molecule has 0 spiro atoms. The Morgan fingerprint density at radius 3 is 2.52 bits per heavy atom. The van der Waals surface area contributed by atoms with Gasteiger partial charge in [0, 0.05) is 6.92 Å². The predicted octanol–water partition coefficient (Wildman–Crippen LogP) is 3.23. The topological polar surface area (TPSA) is 94.4 Å². The number of hydrogen-bond acceptors (Lipinski definition) is 6. The second-order valence-corrected chi connectivity index (χ2v) is 7.66. The lowest BCUT2D eigenvalue weighted by Gasteiger charge is -2.39. The van der Waals surface area contributed by atoms with Crippen molar-refractivity contribution in [1.29, 1.82) is 0 Å². The number of hydrogen-bond donors (Lipinski definition) is 1. The summed E-state index contributed by atoms with van der Waals surface area (Å²) in [4.78, 5) is 27.9. The normalized spacial score (nSPS) is 30.4. The van der Waals surface area contributed by atoms with E-state index in [9.17, 15) is 14.7 Å². The van der Waals surface area contributed by atoms with Gasteiger partial charge in [-0.1, -0.05) is 36.5 Å². The highest BCUT2D eigenvalue weighted by Crippen LogP contribution is 2.32. The maximum atomic E-state index is 11.9. The number of aliphatic imine (C=N–C) groups is 1. The Kier molecular flexibility index (Phi) is 7.32. The third-order valence-electron chi connectivity index (χ3n) is 4.74. The minimum atomic E-state index is -1.27. The lowest BCUT2D eigenvalue weighted by molar-refractivity contribution is -0.275. The molecule has 0 aromatic heterocycles. The summed E-state index contributed by atoms with van der Waals surface area (Å²) < 4.78 is 16.4. The van der Waals surface area contributed by atoms with Crippen LogP contribution in [0.2, 0.25) is 0 Å². The van der Waals surface area contributed by atoms with Crippen LogP contribution in [0.4, 0.5) is 0 Å². The van der Waals surface area contributed by atoms with Crippen molar-refractivity contribution in [2.24, 2.45) is 10.4 Å². The van der Waals surface area contributed by atoms with Crippen molar-refractivity contribution in [3.63, 3.8) is 0 Å². The number of rotatable bonds is 5. The molecule has 1 saturated heterocycles. The van der Waals surface area contributed by atoms with Gasteiger partial charge in [-0.3, -0.25) is 14.6 Å². The van der Waals surface area contributed by atoms with Gasteiger partial charge in [0.1, 0.15) is 11.5 Å². The van der Waals surface area contributed by atoms with Crippen LogP contribution in [0.15, 0.2) is 53.1 Å². The van der Waals surface area contributed by atoms with Crippen LogP contribution in [0.3, 0.4) is 0 Å². The van der Waals surface area contributed by atoms with Crippen molar-refractivity contribution < 1.29 is 28.9 Å². The highest BCUT2D eigenvalue weighted by molar-refractivity contribution is 5.99. The van der Waals surface area contributed by atoms with Crippen LogP contribution in [-0.4, -0.2) is 53.9 Å². The van der Waals surface area contributed by atoms with E-state index in [1.807, 2.05) is 31.2 Å². The molecule has 0 aliphatic carbocycles. The lowest BCUT2D eigenvalue weighted by atomic mass is 9.87. The molecule has 7 heteroatoms. The molecule has 7 nitrogen and oxygen atoms in total. The molecule has 2 heterocycles. The first-order valence-electron chi connectivity index (χ1n) is 9.55. The summed E-state index contributed by atoms with van der Waals surface area (Å²) in [7, 11) is 0. The average Bonchev–Trinajstić information content (AvgIpc) is 2.71. The van der Waals surface area contributed by atoms with Gasteiger partial charge in [-0.25, -0.2) is 0 Å². The zero-order valence-corrected chi connectivity index (χ0v) is 17.5. The number of nitrogens with zero attached hydrogens (tertiary/aromatic N) is 1. The largest absolute Gasteiger partial charge is 0.480 e. The molecule has 0 aromatic rings. The first-order valence-corrected chi connectivity index (χ1v) is 9.55. The molecular weight excluding hydrogens is 374 g/mol. The Balaban J connectivity index is 2.28. The van der Waals surface area contributed by atoms with Gasteiger partial charge in [0.15, 0.2) is 5.79 Å². The first kappa shape index (κ1) is 22.8. The van der Waals surface area contributed by atoms with Crippen molar-refractivity contribution in [1.82, 2.24) is 0 Å². The number of ether oxygens (including phenoxy) is 3. The van der Waals surface area contributed by atoms with Crippen molar-refractivity contribution in [3.05, 3.63) is 48.1 Å². The van der Waals surface area contributed by atoms with Crippen LogP contribution in [0.25, 0.3) is 0 Å². The maximum absolute atomic E-state index is 11.9. The number of carboxylic acid groups (broad SMARTS) is 1. The van der Waals surface area contributed by atoms with E-state index in [1.54, 1.807) is 39.0 Å². The summed E-state index contributed by atoms with van der Waals surface area (Å²) in [5.41, 5.74) is 0.161. The van der Waals surface area contributed by atoms with Crippen LogP contribution in [0, 0.1) is 5.41 Å². The van der Waals surface area contributed by atoms with Crippen LogP contribution < -0.4 is 0 Å². The van der Waals surface area contributed by atoms with Crippen molar-refractivity contribution in [2.75, 3.05) is 13.2 Å². The van der Waals surface area contributed by atoms with Gasteiger partial charge in [-0.15, -0.1) is 0 Å². The number of aliphatic carboxylic acids is 1. The minimum absolute atomic E-state index is 0.0168. The molecule has 1 fully saturated rings. The number of carboxylic acids is 1. The third-order valence-corrected chi connectivity index (χ3v) is 4.74. The fraction of sp³-hybridized carbons (Fsp3) is 0.500. The summed E-state index contributed by atoms with van der Waals surface area (Å²) in [5, 5.41) is 9.77. The lowest BCUT2D eigenvalue weighted by Crippen LogP contribution is -2.49. The second kappa shape index (κ2) is 9.33. The van der Waals surface area contributed by atoms with Crippen LogP contribution in [0.5, 0.6) is 0 Å². The van der Waals surface area contributed by atoms with E-state index in [1.165, 1.54) is 6.92 Å². The van der Waals surface area contributed by atoms with Crippen molar-refractivity contribution >= 4 is 17.7 Å². The molecule has 158 valence electrons. The van der Waals surface area contributed by atoms with Crippen LogP contribution in [-0.2, 0) is 23.8 Å². The standard InChI is InChI=1S/C22H29NO6/c1-15-18(9-7-6-8-10-19(23-15)16(2)29-17(3)24)11-12-22(20(25)26)13-27-21(4,5)28-14-22/h6-12,15-16H,13-14H2,1-5H3,(H,25,26)/b7-6-,10-8-,12-11+,18-9-,23-19+/t15?,16-/m1/s1. The van der Waals surface area contributed by atoms with Crippen LogP contribution in [0.1, 0.15) is 34.6 Å². The molecule has 2 rings (SSSR count). The van der Waals surface area contributed by atoms with Gasteiger partial charge < -0.3 is 19.3 Å². The summed E-state index contributed by atoms with van der Waals surface area (Å²) in [6.07, 6.45) is 12.0. The van der Waals surface area contributed by atoms with E-state index >= 15 is 0 Å². The Morgan fingerprint density at radius 2 is 1.93 bits per heavy atom. The fourth-order valence-corrected chi connectivity index (χ4v) is 2.85. The quantitative estimate of drug-likeness (QED) is 0.708. The summed E-state index contributed by atoms with van der Waals surface area (Å²) in [5.74, 6) is -2.20. The number of carbonyl (C=O) groups excluding carboxylic acids is 1. The highest BCUT2D eigenvalue weighted by Gasteiger charge is 2.44. The highest BCUT2D eigenvalue weighted by atomic mass is 16.7. The number of carbonyl (C=O) groups is 2. The smallest absolute Gasteiger partial charge is 0.318 e. The van der Waals surface area contributed by atoms with E-state index < -0.39 is 23.3 Å². The Hall–Kier alpha value is -2.51. The van der Waals surface area contributed by atoms with Crippen molar-refractivity contribution in [2.45, 2.75) is 52.6 Å². The molecular formula is C22H29NO6. The van der Waals surface area contributed by atoms with E-state index in [0.717, 1.165) is 5.57 Å². The summed E-state index contributed by atoms with van der Waals surface area (Å²) in [6.45, 7) is 8.55. The van der Waals surface area contributed by atoms with Gasteiger partial charge in [0.25, 0.3) is 0 Å². The second-order valence-electron chi connectivity index (χ2n) is 7.66. The third kappa shape index (κ3) is 6.24. The monoisotopic (exact) mass is 403 g/mol. The minimum Gasteiger partial charge on any atom is -0.480 e. The average molecular weight is 403 g/mol. The Morgan fingerprint density at radius 1 is 1.28 bits per heavy atom. The van der Waals surface area contributed by atoms with Gasteiger partial charge in [-0.2, -0.15) is 0 Å². The Labute approximate surface area is 171 Å². The molecule has 2 aliphatic rings. The molecule has 0 radical (unpaired) electrons. The first-order chi connectivity index (χ1) is 13.5. The van der Waals surface area contributed by atoms with E-state index in [4.69, 9.17) is 14.2 Å². The molecule has 0 bridgehead atoms. The van der Waals surface area contributed by atoms with Gasteiger partial charge in [-0.05, 0) is 39.3 Å². The van der Waals surface area contributed by atoms with Crippen molar-refractivity contribution in [3.8, 4) is 0 Å². The SMILES string of the molecule is CC(=O)O[C@H](C)C1=N/C(C)C(/C=C/C2(C(=O)O)COC(C)(C)OC2)=C\C=C/C=C\1. The van der Waals surface area contributed by atoms with Crippen LogP contribution >= 0.6 is 0 Å². The number of esters is 1. The molecule has 1 unspecified atom stereocenters. The van der Waals surface area contributed by atoms with E-state index in [-0.39, 0.29) is 25.2 Å². The fourth-order valence-electron chi connectivity index (χ4n) is 2.85. The molecule has 0 aromatic carbocycles. The molecule has 0 saturated carbocycles. The van der Waals surface area contributed by atoms with Gasteiger partial charge in [0.2, 0.25) is 0 Å². The molecule has 0 amide bonds. The maximum Gasteiger partial charge on any atom is 0.318 e. The summed E-state index contributed by atoms with van der Waals surface area (Å²) in [6, 6.07) is -0.278. The molecule has 1 N–H and O–H groups in total. The molecule has 2 atom stereocenters. The molecule has 29 heavy (non-hydrogen) atoms. The zero-order valence-electron chi connectivity index (χ0n) is 17.5. The Bertz CT molecular complexity index is 777. The van der Waals surface area contributed by atoms with Gasteiger partial charge in [0.05, 0.1) is 25.0 Å². The van der Waals surface area contributed by atoms with E-state index in [2.05, 4.69) is 4.99 Å². The predicted molar refractivity (Wildman–Crippen MR) is 110 cm³/mol. The number of allylic oxidation sites excluding steroid dienone is 4. The van der Waals surface area contributed by atoms with Gasteiger partial charge >= 0.3 is 11.9 Å². The zero-order chi connectivity index (χ0) is 21.7. The molecule has 2 aliphatic heterocycles. The van der Waals surface area contributed by atoms with E-state index in [0.29, 0.717) is 5.71 Å².